The molecule has 0 bridgehead atoms. The van der Waals surface area contributed by atoms with Crippen LogP contribution in [0.2, 0.25) is 0 Å². The molecule has 1 aliphatic carbocycles. The molecule has 0 aromatic heterocycles. The summed E-state index contributed by atoms with van der Waals surface area (Å²) >= 11 is 5.08. The lowest BCUT2D eigenvalue weighted by molar-refractivity contribution is -0.149. The fourth-order valence-electron chi connectivity index (χ4n) is 2.64. The van der Waals surface area contributed by atoms with E-state index in [0.29, 0.717) is 12.8 Å². The molecule has 118 valence electrons. The van der Waals surface area contributed by atoms with Crippen LogP contribution in [0, 0.1) is 11.8 Å². The minimum absolute atomic E-state index is 0.252. The van der Waals surface area contributed by atoms with Gasteiger partial charge in [-0.2, -0.15) is 0 Å². The summed E-state index contributed by atoms with van der Waals surface area (Å²) in [6.07, 6.45) is 2.85. The van der Waals surface area contributed by atoms with Crippen molar-refractivity contribution in [1.82, 2.24) is 10.9 Å². The number of benzene rings is 1. The lowest BCUT2D eigenvalue weighted by atomic mass is 9.79. The molecule has 1 amide bonds. The third-order valence-electron chi connectivity index (χ3n) is 3.75. The molecule has 1 aromatic carbocycles. The number of thiocarbonyl (C=S) groups is 1. The minimum atomic E-state index is -0.912. The molecular weight excluding hydrogens is 302 g/mol. The Labute approximate surface area is 134 Å². The maximum Gasteiger partial charge on any atom is 0.307 e. The standard InChI is InChI=1S/C15H19N3O3S/c19-13(11-8-4-5-9-12(11)14(20)21)17-18-15(22)16-10-6-2-1-3-7-10/h1-3,6-7,11-12H,4-5,8-9H2,(H,17,19)(H,20,21)(H2,16,18,22)/t11-,12+/m1/s1. The molecule has 0 saturated heterocycles. The summed E-state index contributed by atoms with van der Waals surface area (Å²) in [5.74, 6) is -2.38. The fourth-order valence-corrected chi connectivity index (χ4v) is 2.80. The number of para-hydroxylation sites is 1. The lowest BCUT2D eigenvalue weighted by Gasteiger charge is -2.27. The third-order valence-corrected chi connectivity index (χ3v) is 3.95. The number of carboxylic acids is 1. The normalized spacial score (nSPS) is 20.7. The number of hydrazine groups is 1. The predicted octanol–water partition coefficient (Wildman–Crippen LogP) is 1.90. The van der Waals surface area contributed by atoms with Crippen LogP contribution in [0.15, 0.2) is 30.3 Å². The number of aliphatic carboxylic acids is 1. The van der Waals surface area contributed by atoms with Gasteiger partial charge >= 0.3 is 5.97 Å². The van der Waals surface area contributed by atoms with Crippen LogP contribution in [0.4, 0.5) is 5.69 Å². The molecular formula is C15H19N3O3S. The number of hydrogen-bond donors (Lipinski definition) is 4. The number of carbonyl (C=O) groups is 2. The van der Waals surface area contributed by atoms with E-state index in [1.165, 1.54) is 0 Å². The highest BCUT2D eigenvalue weighted by Crippen LogP contribution is 2.30. The van der Waals surface area contributed by atoms with Crippen LogP contribution in [-0.2, 0) is 9.59 Å². The molecule has 0 aliphatic heterocycles. The molecule has 0 spiro atoms. The molecule has 2 atom stereocenters. The van der Waals surface area contributed by atoms with Crippen LogP contribution in [0.25, 0.3) is 0 Å². The maximum atomic E-state index is 12.1. The summed E-state index contributed by atoms with van der Waals surface area (Å²) in [7, 11) is 0. The minimum Gasteiger partial charge on any atom is -0.481 e. The Morgan fingerprint density at radius 2 is 1.68 bits per heavy atom. The van der Waals surface area contributed by atoms with Gasteiger partial charge < -0.3 is 10.4 Å². The van der Waals surface area contributed by atoms with Gasteiger partial charge in [-0.25, -0.2) is 0 Å². The second kappa shape index (κ2) is 7.74. The summed E-state index contributed by atoms with van der Waals surface area (Å²) in [6, 6.07) is 9.30. The van der Waals surface area contributed by atoms with Crippen molar-refractivity contribution >= 4 is 34.9 Å². The summed E-state index contributed by atoms with van der Waals surface area (Å²) in [5.41, 5.74) is 5.92. The monoisotopic (exact) mass is 321 g/mol. The SMILES string of the molecule is O=C(O)[C@H]1CCCC[C@H]1C(=O)NNC(=S)Nc1ccccc1. The molecule has 7 heteroatoms. The Kier molecular flexibility index (Phi) is 5.71. The maximum absolute atomic E-state index is 12.1. The first-order valence-corrected chi connectivity index (χ1v) is 7.63. The van der Waals surface area contributed by atoms with E-state index >= 15 is 0 Å². The van der Waals surface area contributed by atoms with Gasteiger partial charge in [0.1, 0.15) is 0 Å². The van der Waals surface area contributed by atoms with Crippen LogP contribution < -0.4 is 16.2 Å². The van der Waals surface area contributed by atoms with Crippen LogP contribution in [0.3, 0.4) is 0 Å². The van der Waals surface area contributed by atoms with Gasteiger partial charge in [-0.15, -0.1) is 0 Å². The van der Waals surface area contributed by atoms with Crippen molar-refractivity contribution in [3.63, 3.8) is 0 Å². The molecule has 0 radical (unpaired) electrons. The molecule has 0 unspecified atom stereocenters. The molecule has 2 rings (SSSR count). The number of amides is 1. The molecule has 1 aromatic rings. The topological polar surface area (TPSA) is 90.5 Å². The first-order valence-electron chi connectivity index (χ1n) is 7.22. The summed E-state index contributed by atoms with van der Waals surface area (Å²) in [6.45, 7) is 0. The van der Waals surface area contributed by atoms with Crippen molar-refractivity contribution in [2.24, 2.45) is 11.8 Å². The second-order valence-electron chi connectivity index (χ2n) is 5.27. The first-order chi connectivity index (χ1) is 10.6. The van der Waals surface area contributed by atoms with E-state index in [4.69, 9.17) is 12.2 Å². The first kappa shape index (κ1) is 16.2. The molecule has 6 nitrogen and oxygen atoms in total. The summed E-state index contributed by atoms with van der Waals surface area (Å²) in [4.78, 5) is 23.4. The quantitative estimate of drug-likeness (QED) is 0.502. The Balaban J connectivity index is 1.83. The number of anilines is 1. The zero-order valence-corrected chi connectivity index (χ0v) is 12.9. The zero-order chi connectivity index (χ0) is 15.9. The molecule has 4 N–H and O–H groups in total. The number of hydrogen-bond acceptors (Lipinski definition) is 3. The van der Waals surface area contributed by atoms with Crippen molar-refractivity contribution < 1.29 is 14.7 Å². The van der Waals surface area contributed by atoms with Crippen molar-refractivity contribution in [2.75, 3.05) is 5.32 Å². The Morgan fingerprint density at radius 3 is 2.32 bits per heavy atom. The Morgan fingerprint density at radius 1 is 1.05 bits per heavy atom. The van der Waals surface area contributed by atoms with Gasteiger partial charge in [0, 0.05) is 5.69 Å². The van der Waals surface area contributed by atoms with Crippen LogP contribution in [0.5, 0.6) is 0 Å². The van der Waals surface area contributed by atoms with E-state index in [1.807, 2.05) is 30.3 Å². The van der Waals surface area contributed by atoms with Crippen molar-refractivity contribution in [1.29, 1.82) is 0 Å². The number of carboxylic acid groups (broad SMARTS) is 1. The average Bonchev–Trinajstić information content (AvgIpc) is 2.53. The van der Waals surface area contributed by atoms with Crippen LogP contribution in [0.1, 0.15) is 25.7 Å². The van der Waals surface area contributed by atoms with Crippen LogP contribution in [-0.4, -0.2) is 22.1 Å². The van der Waals surface area contributed by atoms with Crippen molar-refractivity contribution in [3.05, 3.63) is 30.3 Å². The van der Waals surface area contributed by atoms with Crippen molar-refractivity contribution in [2.45, 2.75) is 25.7 Å². The van der Waals surface area contributed by atoms with E-state index < -0.39 is 17.8 Å². The van der Waals surface area contributed by atoms with Gasteiger partial charge in [0.2, 0.25) is 5.91 Å². The predicted molar refractivity (Wildman–Crippen MR) is 87.0 cm³/mol. The van der Waals surface area contributed by atoms with E-state index in [1.54, 1.807) is 0 Å². The highest BCUT2D eigenvalue weighted by molar-refractivity contribution is 7.80. The summed E-state index contributed by atoms with van der Waals surface area (Å²) in [5, 5.41) is 12.4. The number of rotatable bonds is 3. The van der Waals surface area contributed by atoms with Gasteiger partial charge in [-0.1, -0.05) is 31.0 Å². The van der Waals surface area contributed by atoms with E-state index in [2.05, 4.69) is 16.2 Å². The second-order valence-corrected chi connectivity index (χ2v) is 5.68. The largest absolute Gasteiger partial charge is 0.481 e. The van der Waals surface area contributed by atoms with Crippen LogP contribution >= 0.6 is 12.2 Å². The zero-order valence-electron chi connectivity index (χ0n) is 12.0. The van der Waals surface area contributed by atoms with Gasteiger partial charge in [0.25, 0.3) is 0 Å². The average molecular weight is 321 g/mol. The molecule has 1 saturated carbocycles. The van der Waals surface area contributed by atoms with Crippen molar-refractivity contribution in [3.8, 4) is 0 Å². The number of nitrogens with one attached hydrogen (secondary N) is 3. The molecule has 0 heterocycles. The highest BCUT2D eigenvalue weighted by Gasteiger charge is 2.35. The van der Waals surface area contributed by atoms with Gasteiger partial charge in [-0.05, 0) is 37.2 Å². The van der Waals surface area contributed by atoms with E-state index in [9.17, 15) is 14.7 Å². The molecule has 1 aliphatic rings. The summed E-state index contributed by atoms with van der Waals surface area (Å²) < 4.78 is 0. The fraction of sp³-hybridized carbons (Fsp3) is 0.400. The van der Waals surface area contributed by atoms with Gasteiger partial charge in [0.05, 0.1) is 11.8 Å². The van der Waals surface area contributed by atoms with Gasteiger partial charge in [0.15, 0.2) is 5.11 Å². The Bertz CT molecular complexity index is 550. The molecule has 1 fully saturated rings. The lowest BCUT2D eigenvalue weighted by Crippen LogP contribution is -2.49. The van der Waals surface area contributed by atoms with E-state index in [-0.39, 0.29) is 11.0 Å². The van der Waals surface area contributed by atoms with Gasteiger partial charge in [-0.3, -0.25) is 20.4 Å². The molecule has 22 heavy (non-hydrogen) atoms. The van der Waals surface area contributed by atoms with E-state index in [0.717, 1.165) is 18.5 Å². The smallest absolute Gasteiger partial charge is 0.307 e. The Hall–Kier alpha value is -2.15. The number of carbonyl (C=O) groups excluding carboxylic acids is 1. The highest BCUT2D eigenvalue weighted by atomic mass is 32.1. The third kappa shape index (κ3) is 4.42.